The molecule has 3 heterocycles. The van der Waals surface area contributed by atoms with Crippen molar-refractivity contribution in [3.8, 4) is 0 Å². The van der Waals surface area contributed by atoms with Crippen LogP contribution in [0.15, 0.2) is 48.9 Å². The van der Waals surface area contributed by atoms with Crippen LogP contribution in [0.5, 0.6) is 0 Å². The summed E-state index contributed by atoms with van der Waals surface area (Å²) in [5.74, 6) is 0.111. The second-order valence-corrected chi connectivity index (χ2v) is 8.05. The second kappa shape index (κ2) is 9.32. The number of carbonyl (C=O) groups is 1. The number of amides is 1. The molecule has 0 spiro atoms. The molecule has 0 aliphatic heterocycles. The van der Waals surface area contributed by atoms with Gasteiger partial charge in [-0.05, 0) is 54.7 Å². The molecule has 3 N–H and O–H groups in total. The van der Waals surface area contributed by atoms with Gasteiger partial charge in [-0.25, -0.2) is 15.0 Å². The van der Waals surface area contributed by atoms with Crippen LogP contribution < -0.4 is 10.6 Å². The van der Waals surface area contributed by atoms with Gasteiger partial charge in [0.2, 0.25) is 0 Å². The number of carbonyl (C=O) groups excluding carboxylic acids is 1. The fourth-order valence-electron chi connectivity index (χ4n) is 3.46. The Morgan fingerprint density at radius 2 is 1.91 bits per heavy atom. The van der Waals surface area contributed by atoms with Crippen molar-refractivity contribution >= 4 is 34.8 Å². The van der Waals surface area contributed by atoms with Gasteiger partial charge in [0, 0.05) is 23.9 Å². The molecule has 4 rings (SSSR count). The molecule has 0 bridgehead atoms. The van der Waals surface area contributed by atoms with Crippen molar-refractivity contribution in [3.63, 3.8) is 0 Å². The largest absolute Gasteiger partial charge is 0.417 e. The third-order valence-electron chi connectivity index (χ3n) is 5.31. The first-order chi connectivity index (χ1) is 15.7. The molecule has 11 heteroatoms. The maximum absolute atomic E-state index is 12.9. The van der Waals surface area contributed by atoms with Crippen LogP contribution >= 0.6 is 11.6 Å². The average molecular weight is 478 g/mol. The average Bonchev–Trinajstić information content (AvgIpc) is 3.61. The zero-order valence-electron chi connectivity index (χ0n) is 17.1. The number of halogens is 4. The normalized spacial score (nSPS) is 14.6. The van der Waals surface area contributed by atoms with Crippen molar-refractivity contribution in [1.82, 2.24) is 15.0 Å². The van der Waals surface area contributed by atoms with Gasteiger partial charge in [-0.3, -0.25) is 4.79 Å². The molecule has 33 heavy (non-hydrogen) atoms. The van der Waals surface area contributed by atoms with E-state index in [0.29, 0.717) is 17.8 Å². The smallest absolute Gasteiger partial charge is 0.396 e. The Morgan fingerprint density at radius 3 is 2.55 bits per heavy atom. The topological polar surface area (TPSA) is 100 Å². The molecule has 1 aliphatic rings. The Kier molecular flexibility index (Phi) is 6.48. The number of nitrogens with one attached hydrogen (secondary N) is 2. The summed E-state index contributed by atoms with van der Waals surface area (Å²) >= 11 is 6.04. The number of hydrogen-bond donors (Lipinski definition) is 3. The van der Waals surface area contributed by atoms with E-state index in [4.69, 9.17) is 11.6 Å². The van der Waals surface area contributed by atoms with Crippen molar-refractivity contribution in [2.45, 2.75) is 24.9 Å². The van der Waals surface area contributed by atoms with Gasteiger partial charge in [0.25, 0.3) is 5.91 Å². The molecule has 1 aliphatic carbocycles. The summed E-state index contributed by atoms with van der Waals surface area (Å²) in [7, 11) is 0. The van der Waals surface area contributed by atoms with Gasteiger partial charge in [0.05, 0.1) is 24.1 Å². The molecule has 0 radical (unpaired) electrons. The number of hydrogen-bond acceptors (Lipinski definition) is 6. The molecule has 1 amide bonds. The zero-order chi connectivity index (χ0) is 23.6. The van der Waals surface area contributed by atoms with E-state index in [0.717, 1.165) is 24.5 Å². The molecule has 0 aromatic carbocycles. The lowest BCUT2D eigenvalue weighted by Crippen LogP contribution is -2.17. The Bertz CT molecular complexity index is 1150. The summed E-state index contributed by atoms with van der Waals surface area (Å²) in [6.07, 6.45) is 1.07. The number of pyridine rings is 3. The van der Waals surface area contributed by atoms with Crippen molar-refractivity contribution in [1.29, 1.82) is 0 Å². The van der Waals surface area contributed by atoms with Crippen LogP contribution in [0, 0.1) is 5.92 Å². The standard InChI is InChI=1S/C22H19ClF3N5O2/c23-18-8-15(16(11-32)12-1-2-12)17(10-28-18)30-21(33)13-5-6-27-20(7-13)31-19-4-3-14(9-29-19)22(24,25)26/h3-10,12,16,32H,1-2,11H2,(H,30,33)(H,27,29,31). The van der Waals surface area contributed by atoms with Crippen LogP contribution in [0.3, 0.4) is 0 Å². The molecule has 1 fully saturated rings. The number of anilines is 3. The third kappa shape index (κ3) is 5.58. The van der Waals surface area contributed by atoms with E-state index in [-0.39, 0.29) is 34.9 Å². The lowest BCUT2D eigenvalue weighted by molar-refractivity contribution is -0.137. The summed E-state index contributed by atoms with van der Waals surface area (Å²) in [6.45, 7) is -0.0721. The number of rotatable bonds is 7. The monoisotopic (exact) mass is 477 g/mol. The molecule has 1 atom stereocenters. The lowest BCUT2D eigenvalue weighted by Gasteiger charge is -2.18. The summed E-state index contributed by atoms with van der Waals surface area (Å²) in [5.41, 5.74) is 0.557. The molecule has 3 aromatic heterocycles. The summed E-state index contributed by atoms with van der Waals surface area (Å²) in [4.78, 5) is 24.7. The number of aromatic nitrogens is 3. The van der Waals surface area contributed by atoms with Crippen molar-refractivity contribution < 1.29 is 23.1 Å². The molecular formula is C22H19ClF3N5O2. The van der Waals surface area contributed by atoms with Crippen LogP contribution in [-0.2, 0) is 6.18 Å². The Balaban J connectivity index is 1.51. The van der Waals surface area contributed by atoms with Crippen molar-refractivity contribution in [3.05, 3.63) is 70.8 Å². The van der Waals surface area contributed by atoms with Gasteiger partial charge in [-0.15, -0.1) is 0 Å². The van der Waals surface area contributed by atoms with Gasteiger partial charge >= 0.3 is 6.18 Å². The quantitative estimate of drug-likeness (QED) is 0.413. The maximum atomic E-state index is 12.9. The molecular weight excluding hydrogens is 459 g/mol. The highest BCUT2D eigenvalue weighted by atomic mass is 35.5. The van der Waals surface area contributed by atoms with Crippen LogP contribution in [0.25, 0.3) is 0 Å². The molecule has 0 saturated heterocycles. The van der Waals surface area contributed by atoms with E-state index < -0.39 is 17.6 Å². The highest BCUT2D eigenvalue weighted by molar-refractivity contribution is 6.29. The predicted molar refractivity (Wildman–Crippen MR) is 117 cm³/mol. The lowest BCUT2D eigenvalue weighted by atomic mass is 9.94. The van der Waals surface area contributed by atoms with Gasteiger partial charge < -0.3 is 15.7 Å². The SMILES string of the molecule is O=C(Nc1cnc(Cl)cc1C(CO)C1CC1)c1ccnc(Nc2ccc(C(F)(F)F)cn2)c1. The minimum absolute atomic E-state index is 0.0721. The highest BCUT2D eigenvalue weighted by Crippen LogP contribution is 2.44. The second-order valence-electron chi connectivity index (χ2n) is 7.66. The number of aliphatic hydroxyl groups excluding tert-OH is 1. The number of nitrogens with zero attached hydrogens (tertiary/aromatic N) is 3. The van der Waals surface area contributed by atoms with E-state index in [1.54, 1.807) is 6.07 Å². The van der Waals surface area contributed by atoms with Gasteiger partial charge in [-0.1, -0.05) is 11.6 Å². The van der Waals surface area contributed by atoms with Crippen LogP contribution in [0.2, 0.25) is 5.15 Å². The summed E-state index contributed by atoms with van der Waals surface area (Å²) in [6, 6.07) is 6.66. The first-order valence-electron chi connectivity index (χ1n) is 10.1. The first-order valence-corrected chi connectivity index (χ1v) is 10.5. The van der Waals surface area contributed by atoms with Gasteiger partial charge in [-0.2, -0.15) is 13.2 Å². The maximum Gasteiger partial charge on any atom is 0.417 e. The van der Waals surface area contributed by atoms with E-state index in [1.165, 1.54) is 30.6 Å². The highest BCUT2D eigenvalue weighted by Gasteiger charge is 2.34. The van der Waals surface area contributed by atoms with E-state index in [1.807, 2.05) is 0 Å². The van der Waals surface area contributed by atoms with E-state index >= 15 is 0 Å². The minimum Gasteiger partial charge on any atom is -0.396 e. The van der Waals surface area contributed by atoms with Crippen LogP contribution in [0.1, 0.15) is 40.2 Å². The third-order valence-corrected chi connectivity index (χ3v) is 5.51. The van der Waals surface area contributed by atoms with E-state index in [2.05, 4.69) is 25.6 Å². The Morgan fingerprint density at radius 1 is 1.12 bits per heavy atom. The fourth-order valence-corrected chi connectivity index (χ4v) is 3.62. The minimum atomic E-state index is -4.48. The van der Waals surface area contributed by atoms with E-state index in [9.17, 15) is 23.1 Å². The zero-order valence-corrected chi connectivity index (χ0v) is 17.9. The van der Waals surface area contributed by atoms with Gasteiger partial charge in [0.1, 0.15) is 16.8 Å². The summed E-state index contributed by atoms with van der Waals surface area (Å²) < 4.78 is 38.1. The van der Waals surface area contributed by atoms with Crippen molar-refractivity contribution in [2.24, 2.45) is 5.92 Å². The molecule has 172 valence electrons. The van der Waals surface area contributed by atoms with Crippen molar-refractivity contribution in [2.75, 3.05) is 17.2 Å². The van der Waals surface area contributed by atoms with Crippen LogP contribution in [-0.4, -0.2) is 32.6 Å². The number of alkyl halides is 3. The predicted octanol–water partition coefficient (Wildman–Crippen LogP) is 5.03. The Labute approximate surface area is 192 Å². The summed E-state index contributed by atoms with van der Waals surface area (Å²) in [5, 5.41) is 15.7. The fraction of sp³-hybridized carbons (Fsp3) is 0.273. The molecule has 7 nitrogen and oxygen atoms in total. The Hall–Kier alpha value is -3.24. The number of aliphatic hydroxyl groups is 1. The molecule has 1 unspecified atom stereocenters. The molecule has 3 aromatic rings. The first kappa shape index (κ1) is 22.9. The van der Waals surface area contributed by atoms with Gasteiger partial charge in [0.15, 0.2) is 0 Å². The van der Waals surface area contributed by atoms with Crippen LogP contribution in [0.4, 0.5) is 30.5 Å². The molecule has 1 saturated carbocycles.